The Morgan fingerprint density at radius 1 is 1.54 bits per heavy atom. The van der Waals surface area contributed by atoms with Gasteiger partial charge in [0.15, 0.2) is 0 Å². The zero-order chi connectivity index (χ0) is 10.5. The minimum Gasteiger partial charge on any atom is -0.460 e. The summed E-state index contributed by atoms with van der Waals surface area (Å²) >= 11 is 0. The summed E-state index contributed by atoms with van der Waals surface area (Å²) in [6.07, 6.45) is 0.0148. The number of hydrogen-bond donors (Lipinski definition) is 1. The van der Waals surface area contributed by atoms with E-state index in [-0.39, 0.29) is 18.5 Å². The third-order valence-corrected chi connectivity index (χ3v) is 1.33. The van der Waals surface area contributed by atoms with Crippen molar-refractivity contribution in [2.45, 2.75) is 38.8 Å². The van der Waals surface area contributed by atoms with Crippen molar-refractivity contribution in [2.75, 3.05) is 13.7 Å². The Morgan fingerprint density at radius 3 is 2.46 bits per heavy atom. The molecule has 0 aromatic carbocycles. The molecule has 4 nitrogen and oxygen atoms in total. The van der Waals surface area contributed by atoms with Crippen LogP contribution in [0.2, 0.25) is 0 Å². The van der Waals surface area contributed by atoms with Crippen LogP contribution in [0.1, 0.15) is 27.2 Å². The standard InChI is InChI=1S/C9H19NO3/c1-7(6-12-4)13-8(11)5-9(2,3)10/h7H,5-6,10H2,1-4H3. The van der Waals surface area contributed by atoms with Crippen molar-refractivity contribution < 1.29 is 14.3 Å². The van der Waals surface area contributed by atoms with Crippen LogP contribution in [0.4, 0.5) is 0 Å². The lowest BCUT2D eigenvalue weighted by atomic mass is 10.0. The molecule has 1 atom stereocenters. The summed E-state index contributed by atoms with van der Waals surface area (Å²) in [5.41, 5.74) is 5.14. The molecule has 1 unspecified atom stereocenters. The Labute approximate surface area is 79.4 Å². The number of methoxy groups -OCH3 is 1. The van der Waals surface area contributed by atoms with Crippen molar-refractivity contribution in [3.05, 3.63) is 0 Å². The molecule has 0 aromatic rings. The quantitative estimate of drug-likeness (QED) is 0.646. The zero-order valence-electron chi connectivity index (χ0n) is 8.79. The predicted molar refractivity (Wildman–Crippen MR) is 50.3 cm³/mol. The number of hydrogen-bond acceptors (Lipinski definition) is 4. The zero-order valence-corrected chi connectivity index (χ0v) is 8.79. The molecule has 0 aliphatic carbocycles. The second-order valence-corrected chi connectivity index (χ2v) is 3.92. The van der Waals surface area contributed by atoms with E-state index in [1.165, 1.54) is 0 Å². The van der Waals surface area contributed by atoms with E-state index in [1.54, 1.807) is 27.9 Å². The van der Waals surface area contributed by atoms with E-state index in [2.05, 4.69) is 0 Å². The number of nitrogens with two attached hydrogens (primary N) is 1. The van der Waals surface area contributed by atoms with Gasteiger partial charge in [-0.05, 0) is 20.8 Å². The summed E-state index contributed by atoms with van der Waals surface area (Å²) in [7, 11) is 1.57. The summed E-state index contributed by atoms with van der Waals surface area (Å²) in [6.45, 7) is 5.77. The average Bonchev–Trinajstić information content (AvgIpc) is 1.81. The Hall–Kier alpha value is -0.610. The summed E-state index contributed by atoms with van der Waals surface area (Å²) in [6, 6.07) is 0. The van der Waals surface area contributed by atoms with Gasteiger partial charge in [0.1, 0.15) is 6.10 Å². The van der Waals surface area contributed by atoms with Crippen molar-refractivity contribution in [1.82, 2.24) is 0 Å². The van der Waals surface area contributed by atoms with E-state index in [9.17, 15) is 4.79 Å². The monoisotopic (exact) mass is 189 g/mol. The maximum atomic E-state index is 11.2. The topological polar surface area (TPSA) is 61.5 Å². The van der Waals surface area contributed by atoms with Crippen LogP contribution in [0.15, 0.2) is 0 Å². The van der Waals surface area contributed by atoms with Crippen LogP contribution in [0, 0.1) is 0 Å². The van der Waals surface area contributed by atoms with Gasteiger partial charge in [0.2, 0.25) is 0 Å². The van der Waals surface area contributed by atoms with Gasteiger partial charge < -0.3 is 15.2 Å². The first-order chi connectivity index (χ1) is 5.85. The van der Waals surface area contributed by atoms with E-state index >= 15 is 0 Å². The molecule has 0 fully saturated rings. The van der Waals surface area contributed by atoms with Crippen LogP contribution in [0.25, 0.3) is 0 Å². The second kappa shape index (κ2) is 5.19. The summed E-state index contributed by atoms with van der Waals surface area (Å²) in [5.74, 6) is -0.281. The molecule has 0 amide bonds. The SMILES string of the molecule is COCC(C)OC(=O)CC(C)(C)N. The largest absolute Gasteiger partial charge is 0.460 e. The van der Waals surface area contributed by atoms with Gasteiger partial charge in [-0.15, -0.1) is 0 Å². The van der Waals surface area contributed by atoms with Crippen LogP contribution in [0.5, 0.6) is 0 Å². The third kappa shape index (κ3) is 7.74. The van der Waals surface area contributed by atoms with Crippen LogP contribution in [0.3, 0.4) is 0 Å². The number of rotatable bonds is 5. The molecule has 0 saturated carbocycles. The number of esters is 1. The van der Waals surface area contributed by atoms with Gasteiger partial charge in [-0.3, -0.25) is 4.79 Å². The van der Waals surface area contributed by atoms with Crippen LogP contribution in [-0.4, -0.2) is 31.3 Å². The maximum Gasteiger partial charge on any atom is 0.307 e. The van der Waals surface area contributed by atoms with E-state index in [4.69, 9.17) is 15.2 Å². The Morgan fingerprint density at radius 2 is 2.08 bits per heavy atom. The molecule has 0 spiro atoms. The highest BCUT2D eigenvalue weighted by atomic mass is 16.6. The van der Waals surface area contributed by atoms with Gasteiger partial charge in [-0.2, -0.15) is 0 Å². The Bertz CT molecular complexity index is 163. The van der Waals surface area contributed by atoms with Crippen LogP contribution >= 0.6 is 0 Å². The molecule has 0 aliphatic heterocycles. The molecular formula is C9H19NO3. The molecule has 0 aromatic heterocycles. The lowest BCUT2D eigenvalue weighted by Crippen LogP contribution is -2.36. The first-order valence-corrected chi connectivity index (χ1v) is 4.32. The lowest BCUT2D eigenvalue weighted by molar-refractivity contribution is -0.151. The molecule has 4 heteroatoms. The highest BCUT2D eigenvalue weighted by molar-refractivity contribution is 5.70. The predicted octanol–water partition coefficient (Wildman–Crippen LogP) is 0.692. The van der Waals surface area contributed by atoms with E-state index in [0.717, 1.165) is 0 Å². The van der Waals surface area contributed by atoms with E-state index in [1.807, 2.05) is 0 Å². The first-order valence-electron chi connectivity index (χ1n) is 4.32. The van der Waals surface area contributed by atoms with E-state index in [0.29, 0.717) is 6.61 Å². The van der Waals surface area contributed by atoms with Crippen molar-refractivity contribution >= 4 is 5.97 Å². The fourth-order valence-corrected chi connectivity index (χ4v) is 0.907. The van der Waals surface area contributed by atoms with Crippen LogP contribution in [-0.2, 0) is 14.3 Å². The molecule has 78 valence electrons. The fourth-order valence-electron chi connectivity index (χ4n) is 0.907. The molecule has 2 N–H and O–H groups in total. The van der Waals surface area contributed by atoms with Gasteiger partial charge in [-0.25, -0.2) is 0 Å². The van der Waals surface area contributed by atoms with Gasteiger partial charge >= 0.3 is 5.97 Å². The van der Waals surface area contributed by atoms with Crippen molar-refractivity contribution in [3.63, 3.8) is 0 Å². The Balaban J connectivity index is 3.74. The molecule has 0 heterocycles. The summed E-state index contributed by atoms with van der Waals surface area (Å²) in [5, 5.41) is 0. The molecule has 0 saturated heterocycles. The number of carbonyl (C=O) groups is 1. The third-order valence-electron chi connectivity index (χ3n) is 1.33. The average molecular weight is 189 g/mol. The maximum absolute atomic E-state index is 11.2. The minimum atomic E-state index is -0.510. The molecular weight excluding hydrogens is 170 g/mol. The Kier molecular flexibility index (Phi) is 4.95. The molecule has 0 bridgehead atoms. The highest BCUT2D eigenvalue weighted by Crippen LogP contribution is 2.06. The lowest BCUT2D eigenvalue weighted by Gasteiger charge is -2.19. The number of ether oxygens (including phenoxy) is 2. The van der Waals surface area contributed by atoms with E-state index < -0.39 is 5.54 Å². The highest BCUT2D eigenvalue weighted by Gasteiger charge is 2.19. The van der Waals surface area contributed by atoms with Gasteiger partial charge in [0.25, 0.3) is 0 Å². The van der Waals surface area contributed by atoms with Crippen molar-refractivity contribution in [1.29, 1.82) is 0 Å². The molecule has 0 aliphatic rings. The fraction of sp³-hybridized carbons (Fsp3) is 0.889. The van der Waals surface area contributed by atoms with Gasteiger partial charge in [0, 0.05) is 12.6 Å². The molecule has 13 heavy (non-hydrogen) atoms. The molecule has 0 rings (SSSR count). The van der Waals surface area contributed by atoms with Gasteiger partial charge in [0.05, 0.1) is 13.0 Å². The first kappa shape index (κ1) is 12.4. The van der Waals surface area contributed by atoms with Gasteiger partial charge in [-0.1, -0.05) is 0 Å². The summed E-state index contributed by atoms with van der Waals surface area (Å²) in [4.78, 5) is 11.2. The second-order valence-electron chi connectivity index (χ2n) is 3.92. The molecule has 0 radical (unpaired) electrons. The van der Waals surface area contributed by atoms with Crippen LogP contribution < -0.4 is 5.73 Å². The smallest absolute Gasteiger partial charge is 0.307 e. The minimum absolute atomic E-state index is 0.208. The normalized spacial score (nSPS) is 13.9. The van der Waals surface area contributed by atoms with Crippen molar-refractivity contribution in [2.24, 2.45) is 5.73 Å². The van der Waals surface area contributed by atoms with Crippen molar-refractivity contribution in [3.8, 4) is 0 Å². The number of carbonyl (C=O) groups excluding carboxylic acids is 1. The summed E-state index contributed by atoms with van der Waals surface area (Å²) < 4.78 is 9.85.